The van der Waals surface area contributed by atoms with Crippen LogP contribution in [-0.4, -0.2) is 63.8 Å². The highest BCUT2D eigenvalue weighted by atomic mass is 32.2. The number of carbonyl (C=O) groups is 1. The van der Waals surface area contributed by atoms with Crippen molar-refractivity contribution in [1.82, 2.24) is 4.90 Å². The Bertz CT molecular complexity index is 693. The van der Waals surface area contributed by atoms with E-state index in [0.717, 1.165) is 6.26 Å². The third kappa shape index (κ3) is 7.27. The molecule has 0 spiro atoms. The van der Waals surface area contributed by atoms with E-state index in [2.05, 4.69) is 11.5 Å². The Morgan fingerprint density at radius 3 is 2.27 bits per heavy atom. The fourth-order valence-corrected chi connectivity index (χ4v) is 3.51. The van der Waals surface area contributed by atoms with E-state index in [1.54, 1.807) is 34.6 Å². The maximum Gasteiger partial charge on any atom is 0.413 e. The molecule has 1 rings (SSSR count). The number of hydrogen-bond acceptors (Lipinski definition) is 6. The summed E-state index contributed by atoms with van der Waals surface area (Å²) in [6.07, 6.45) is -0.650. The van der Waals surface area contributed by atoms with Crippen LogP contribution in [0.3, 0.4) is 0 Å². The van der Waals surface area contributed by atoms with Gasteiger partial charge in [-0.3, -0.25) is 9.08 Å². The minimum absolute atomic E-state index is 0.104. The second kappa shape index (κ2) is 7.50. The van der Waals surface area contributed by atoms with Crippen LogP contribution in [-0.2, 0) is 23.8 Å². The lowest BCUT2D eigenvalue weighted by atomic mass is 10.1. The average molecular weight is 406 g/mol. The molecule has 2 atom stereocenters. The molecule has 150 valence electrons. The zero-order valence-electron chi connectivity index (χ0n) is 17.2. The minimum Gasteiger partial charge on any atom is -0.444 e. The molecule has 1 aliphatic heterocycles. The first-order valence-electron chi connectivity index (χ1n) is 8.48. The first kappa shape index (κ1) is 23.0. The Labute approximate surface area is 158 Å². The number of rotatable bonds is 3. The Morgan fingerprint density at radius 1 is 1.31 bits per heavy atom. The molecule has 9 heteroatoms. The topological polar surface area (TPSA) is 82.1 Å². The Hall–Kier alpha value is -1.08. The summed E-state index contributed by atoms with van der Waals surface area (Å²) in [7, 11) is -5.55. The number of nitrogens with zero attached hydrogens (tertiary/aromatic N) is 1. The molecule has 7 nitrogen and oxygen atoms in total. The molecule has 1 aliphatic rings. The molecule has 0 bridgehead atoms. The zero-order chi connectivity index (χ0) is 20.6. The highest BCUT2D eigenvalue weighted by Gasteiger charge is 2.49. The molecular formula is C17H31NO6SSi. The predicted octanol–water partition coefficient (Wildman–Crippen LogP) is 2.58. The SMILES string of the molecule is CC(C)(C)OC(=O)N1[C@@H]([C@H](C#C[Si](C)(C)C)OS(C)(=O)=O)COC1(C)C. The fraction of sp³-hybridized carbons (Fsp3) is 0.824. The fourth-order valence-electron chi connectivity index (χ4n) is 2.38. The van der Waals surface area contributed by atoms with E-state index < -0.39 is 47.8 Å². The lowest BCUT2D eigenvalue weighted by Crippen LogP contribution is -2.53. The zero-order valence-corrected chi connectivity index (χ0v) is 19.0. The van der Waals surface area contributed by atoms with Gasteiger partial charge in [0.25, 0.3) is 10.1 Å². The maximum absolute atomic E-state index is 12.7. The number of amides is 1. The van der Waals surface area contributed by atoms with Crippen LogP contribution < -0.4 is 0 Å². The summed E-state index contributed by atoms with van der Waals surface area (Å²) in [5.74, 6) is 2.92. The first-order valence-corrected chi connectivity index (χ1v) is 13.8. The van der Waals surface area contributed by atoms with Crippen molar-refractivity contribution in [3.05, 3.63) is 0 Å². The van der Waals surface area contributed by atoms with Crippen LogP contribution in [0, 0.1) is 11.5 Å². The molecule has 0 aliphatic carbocycles. The monoisotopic (exact) mass is 405 g/mol. The van der Waals surface area contributed by atoms with Crippen molar-refractivity contribution in [3.63, 3.8) is 0 Å². The average Bonchev–Trinajstić information content (AvgIpc) is 2.65. The van der Waals surface area contributed by atoms with Crippen LogP contribution in [0.5, 0.6) is 0 Å². The lowest BCUT2D eigenvalue weighted by molar-refractivity contribution is -0.0650. The molecule has 0 aromatic heterocycles. The Balaban J connectivity index is 3.28. The Kier molecular flexibility index (Phi) is 6.62. The molecule has 0 saturated carbocycles. The van der Waals surface area contributed by atoms with E-state index in [0.29, 0.717) is 0 Å². The third-order valence-corrected chi connectivity index (χ3v) is 4.78. The van der Waals surface area contributed by atoms with Gasteiger partial charge in [0, 0.05) is 0 Å². The van der Waals surface area contributed by atoms with Gasteiger partial charge >= 0.3 is 6.09 Å². The van der Waals surface area contributed by atoms with Crippen LogP contribution in [0.4, 0.5) is 4.79 Å². The van der Waals surface area contributed by atoms with Crippen LogP contribution in [0.2, 0.25) is 19.6 Å². The summed E-state index contributed by atoms with van der Waals surface area (Å²) >= 11 is 0. The van der Waals surface area contributed by atoms with Gasteiger partial charge in [-0.25, -0.2) is 4.79 Å². The summed E-state index contributed by atoms with van der Waals surface area (Å²) in [6.45, 7) is 15.0. The van der Waals surface area contributed by atoms with Gasteiger partial charge < -0.3 is 9.47 Å². The van der Waals surface area contributed by atoms with Crippen LogP contribution in [0.25, 0.3) is 0 Å². The second-order valence-electron chi connectivity index (χ2n) is 8.92. The van der Waals surface area contributed by atoms with Gasteiger partial charge in [0.15, 0.2) is 6.10 Å². The number of hydrogen-bond donors (Lipinski definition) is 0. The molecule has 0 N–H and O–H groups in total. The molecule has 0 aromatic rings. The van der Waals surface area contributed by atoms with Gasteiger partial charge in [-0.2, -0.15) is 8.42 Å². The van der Waals surface area contributed by atoms with Crippen molar-refractivity contribution in [2.75, 3.05) is 12.9 Å². The second-order valence-corrected chi connectivity index (χ2v) is 15.3. The summed E-state index contributed by atoms with van der Waals surface area (Å²) in [4.78, 5) is 14.1. The van der Waals surface area contributed by atoms with E-state index in [4.69, 9.17) is 13.7 Å². The van der Waals surface area contributed by atoms with E-state index in [1.807, 2.05) is 19.6 Å². The number of ether oxygens (including phenoxy) is 2. The predicted molar refractivity (Wildman–Crippen MR) is 103 cm³/mol. The number of carbonyl (C=O) groups excluding carboxylic acids is 1. The minimum atomic E-state index is -3.77. The molecular weight excluding hydrogens is 374 g/mol. The molecule has 1 saturated heterocycles. The van der Waals surface area contributed by atoms with E-state index in [9.17, 15) is 13.2 Å². The van der Waals surface area contributed by atoms with E-state index in [1.165, 1.54) is 4.90 Å². The summed E-state index contributed by atoms with van der Waals surface area (Å²) < 4.78 is 39.9. The van der Waals surface area contributed by atoms with Crippen LogP contribution in [0.15, 0.2) is 0 Å². The maximum atomic E-state index is 12.7. The van der Waals surface area contributed by atoms with Crippen molar-refractivity contribution in [2.24, 2.45) is 0 Å². The standard InChI is InChI=1S/C17H31NO6SSi/c1-16(2,3)23-15(19)18-13(12-22-17(18,4)5)14(24-25(6,20)21)10-11-26(7,8)9/h13-14H,12H2,1-9H3/t13-,14+/m1/s1. The lowest BCUT2D eigenvalue weighted by Gasteiger charge is -2.36. The van der Waals surface area contributed by atoms with Gasteiger partial charge in [0.2, 0.25) is 0 Å². The van der Waals surface area contributed by atoms with E-state index in [-0.39, 0.29) is 6.61 Å². The highest BCUT2D eigenvalue weighted by molar-refractivity contribution is 7.86. The quantitative estimate of drug-likeness (QED) is 0.408. The molecule has 1 heterocycles. The van der Waals surface area contributed by atoms with Gasteiger partial charge in [-0.15, -0.1) is 5.54 Å². The molecule has 0 radical (unpaired) electrons. The molecule has 1 amide bonds. The molecule has 1 fully saturated rings. The molecule has 0 unspecified atom stereocenters. The van der Waals surface area contributed by atoms with Crippen molar-refractivity contribution >= 4 is 24.3 Å². The summed E-state index contributed by atoms with van der Waals surface area (Å²) in [6, 6.07) is -0.696. The van der Waals surface area contributed by atoms with Crippen LogP contribution >= 0.6 is 0 Å². The van der Waals surface area contributed by atoms with Crippen molar-refractivity contribution < 1.29 is 26.9 Å². The highest BCUT2D eigenvalue weighted by Crippen LogP contribution is 2.32. The van der Waals surface area contributed by atoms with Gasteiger partial charge in [0.05, 0.1) is 12.9 Å². The molecule has 26 heavy (non-hydrogen) atoms. The van der Waals surface area contributed by atoms with Gasteiger partial charge in [-0.05, 0) is 34.6 Å². The van der Waals surface area contributed by atoms with Gasteiger partial charge in [-0.1, -0.05) is 25.6 Å². The summed E-state index contributed by atoms with van der Waals surface area (Å²) in [5.41, 5.74) is 1.46. The smallest absolute Gasteiger partial charge is 0.413 e. The Morgan fingerprint density at radius 2 is 1.85 bits per heavy atom. The van der Waals surface area contributed by atoms with Crippen molar-refractivity contribution in [1.29, 1.82) is 0 Å². The van der Waals surface area contributed by atoms with Crippen molar-refractivity contribution in [2.45, 2.75) is 77.7 Å². The van der Waals surface area contributed by atoms with Gasteiger partial charge in [0.1, 0.15) is 25.4 Å². The summed E-state index contributed by atoms with van der Waals surface area (Å²) in [5, 5.41) is 0. The van der Waals surface area contributed by atoms with E-state index >= 15 is 0 Å². The third-order valence-electron chi connectivity index (χ3n) is 3.33. The normalized spacial score (nSPS) is 21.7. The van der Waals surface area contributed by atoms with Crippen molar-refractivity contribution in [3.8, 4) is 11.5 Å². The largest absolute Gasteiger partial charge is 0.444 e. The molecule has 0 aromatic carbocycles. The van der Waals surface area contributed by atoms with Crippen LogP contribution in [0.1, 0.15) is 34.6 Å². The first-order chi connectivity index (χ1) is 11.4.